The third kappa shape index (κ3) is 3.82. The summed E-state index contributed by atoms with van der Waals surface area (Å²) >= 11 is 0. The molecule has 8 heteroatoms. The van der Waals surface area contributed by atoms with Crippen LogP contribution in [0.5, 0.6) is 0 Å². The van der Waals surface area contributed by atoms with Crippen LogP contribution in [0.4, 0.5) is 0 Å². The molecular weight excluding hydrogens is 284 g/mol. The van der Waals surface area contributed by atoms with E-state index in [4.69, 9.17) is 10.8 Å². The van der Waals surface area contributed by atoms with Crippen LogP contribution in [0.25, 0.3) is 0 Å². The van der Waals surface area contributed by atoms with Gasteiger partial charge in [-0.2, -0.15) is 0 Å². The lowest BCUT2D eigenvalue weighted by molar-refractivity contribution is -0.130. The number of nitrogens with two attached hydrogens (primary N) is 1. The van der Waals surface area contributed by atoms with E-state index in [1.807, 2.05) is 28.5 Å². The maximum absolute atomic E-state index is 11.6. The molecule has 0 radical (unpaired) electrons. The largest absolute Gasteiger partial charge is 0.395 e. The Bertz CT molecular complexity index is 496. The average Bonchev–Trinajstić information content (AvgIpc) is 2.88. The smallest absolute Gasteiger partial charge is 0.236 e. The number of piperidine rings is 1. The SMILES string of the molecule is CN(CCO)Cc1nnc(C2CCN(C(=O)CN)CC2)n1C. The Morgan fingerprint density at radius 2 is 2.09 bits per heavy atom. The molecule has 1 aliphatic rings. The first-order chi connectivity index (χ1) is 10.6. The molecule has 0 aromatic carbocycles. The van der Waals surface area contributed by atoms with Crippen molar-refractivity contribution in [1.82, 2.24) is 24.6 Å². The average molecular weight is 310 g/mol. The third-order valence-corrected chi connectivity index (χ3v) is 4.28. The minimum absolute atomic E-state index is 0.0164. The summed E-state index contributed by atoms with van der Waals surface area (Å²) in [6.45, 7) is 2.95. The lowest BCUT2D eigenvalue weighted by Crippen LogP contribution is -2.41. The van der Waals surface area contributed by atoms with E-state index in [-0.39, 0.29) is 19.1 Å². The number of likely N-dealkylation sites (N-methyl/N-ethyl adjacent to an activating group) is 1. The Morgan fingerprint density at radius 1 is 1.41 bits per heavy atom. The van der Waals surface area contributed by atoms with Crippen molar-refractivity contribution in [2.45, 2.75) is 25.3 Å². The fourth-order valence-electron chi connectivity index (χ4n) is 2.88. The zero-order valence-corrected chi connectivity index (χ0v) is 13.4. The van der Waals surface area contributed by atoms with E-state index in [1.54, 1.807) is 0 Å². The Morgan fingerprint density at radius 3 is 2.68 bits per heavy atom. The van der Waals surface area contributed by atoms with Crippen molar-refractivity contribution in [2.75, 3.05) is 39.8 Å². The topological polar surface area (TPSA) is 101 Å². The van der Waals surface area contributed by atoms with Crippen molar-refractivity contribution in [3.8, 4) is 0 Å². The van der Waals surface area contributed by atoms with Crippen molar-refractivity contribution in [2.24, 2.45) is 12.8 Å². The number of nitrogens with zero attached hydrogens (tertiary/aromatic N) is 5. The Hall–Kier alpha value is -1.51. The number of amides is 1. The standard InChI is InChI=1S/C14H26N6O2/c1-18(7-8-21)10-12-16-17-14(19(12)2)11-3-5-20(6-4-11)13(22)9-15/h11,21H,3-10,15H2,1-2H3. The van der Waals surface area contributed by atoms with E-state index in [0.29, 0.717) is 19.0 Å². The molecule has 0 spiro atoms. The summed E-state index contributed by atoms with van der Waals surface area (Å²) < 4.78 is 2.04. The van der Waals surface area contributed by atoms with Crippen LogP contribution in [0, 0.1) is 0 Å². The molecule has 0 bridgehead atoms. The van der Waals surface area contributed by atoms with Crippen LogP contribution in [0.1, 0.15) is 30.4 Å². The maximum Gasteiger partial charge on any atom is 0.236 e. The third-order valence-electron chi connectivity index (χ3n) is 4.28. The molecule has 0 aliphatic carbocycles. The molecule has 1 saturated heterocycles. The molecule has 1 aliphatic heterocycles. The van der Waals surface area contributed by atoms with Gasteiger partial charge in [0.15, 0.2) is 0 Å². The second kappa shape index (κ2) is 7.66. The summed E-state index contributed by atoms with van der Waals surface area (Å²) in [5.74, 6) is 2.22. The maximum atomic E-state index is 11.6. The van der Waals surface area contributed by atoms with E-state index in [1.165, 1.54) is 0 Å². The van der Waals surface area contributed by atoms with E-state index >= 15 is 0 Å². The van der Waals surface area contributed by atoms with Crippen LogP contribution in [-0.2, 0) is 18.4 Å². The van der Waals surface area contributed by atoms with Crippen LogP contribution < -0.4 is 5.73 Å². The zero-order chi connectivity index (χ0) is 16.1. The van der Waals surface area contributed by atoms with Gasteiger partial charge < -0.3 is 20.3 Å². The minimum atomic E-state index is 0.0164. The van der Waals surface area contributed by atoms with Gasteiger partial charge in [0.25, 0.3) is 0 Å². The van der Waals surface area contributed by atoms with Crippen LogP contribution in [0.15, 0.2) is 0 Å². The number of hydrogen-bond donors (Lipinski definition) is 2. The predicted octanol–water partition coefficient (Wildman–Crippen LogP) is -1.10. The van der Waals surface area contributed by atoms with Crippen LogP contribution in [-0.4, -0.2) is 75.4 Å². The van der Waals surface area contributed by atoms with Gasteiger partial charge in [-0.05, 0) is 19.9 Å². The van der Waals surface area contributed by atoms with Crippen molar-refractivity contribution >= 4 is 5.91 Å². The van der Waals surface area contributed by atoms with Gasteiger partial charge >= 0.3 is 0 Å². The number of likely N-dealkylation sites (tertiary alicyclic amines) is 1. The molecule has 3 N–H and O–H groups in total. The van der Waals surface area contributed by atoms with Crippen LogP contribution >= 0.6 is 0 Å². The molecule has 1 fully saturated rings. The molecule has 0 saturated carbocycles. The molecule has 22 heavy (non-hydrogen) atoms. The monoisotopic (exact) mass is 310 g/mol. The molecule has 1 aromatic heterocycles. The molecule has 2 rings (SSSR count). The zero-order valence-electron chi connectivity index (χ0n) is 13.4. The Balaban J connectivity index is 1.97. The lowest BCUT2D eigenvalue weighted by atomic mass is 9.96. The van der Waals surface area contributed by atoms with E-state index in [9.17, 15) is 4.79 Å². The predicted molar refractivity (Wildman–Crippen MR) is 82.0 cm³/mol. The van der Waals surface area contributed by atoms with Crippen molar-refractivity contribution in [3.63, 3.8) is 0 Å². The molecular formula is C14H26N6O2. The van der Waals surface area contributed by atoms with Crippen molar-refractivity contribution < 1.29 is 9.90 Å². The van der Waals surface area contributed by atoms with Gasteiger partial charge in [-0.1, -0.05) is 0 Å². The minimum Gasteiger partial charge on any atom is -0.395 e. The number of rotatable bonds is 6. The molecule has 0 unspecified atom stereocenters. The summed E-state index contributed by atoms with van der Waals surface area (Å²) in [6, 6.07) is 0. The summed E-state index contributed by atoms with van der Waals surface area (Å²) in [5, 5.41) is 17.6. The highest BCUT2D eigenvalue weighted by Gasteiger charge is 2.26. The molecule has 8 nitrogen and oxygen atoms in total. The fourth-order valence-corrected chi connectivity index (χ4v) is 2.88. The van der Waals surface area contributed by atoms with Gasteiger partial charge in [0.2, 0.25) is 5.91 Å². The molecule has 1 amide bonds. The first kappa shape index (κ1) is 16.9. The summed E-state index contributed by atoms with van der Waals surface area (Å²) in [5.41, 5.74) is 5.41. The summed E-state index contributed by atoms with van der Waals surface area (Å²) in [7, 11) is 3.93. The number of aromatic nitrogens is 3. The molecule has 2 heterocycles. The molecule has 1 aromatic rings. The number of carbonyl (C=O) groups is 1. The lowest BCUT2D eigenvalue weighted by Gasteiger charge is -2.31. The van der Waals surface area contributed by atoms with Crippen molar-refractivity contribution in [3.05, 3.63) is 11.6 Å². The molecule has 124 valence electrons. The number of hydrogen-bond acceptors (Lipinski definition) is 6. The first-order valence-corrected chi connectivity index (χ1v) is 7.72. The second-order valence-corrected chi connectivity index (χ2v) is 5.85. The van der Waals surface area contributed by atoms with Gasteiger partial charge in [-0.3, -0.25) is 9.69 Å². The number of carbonyl (C=O) groups excluding carboxylic acids is 1. The first-order valence-electron chi connectivity index (χ1n) is 7.72. The quantitative estimate of drug-likeness (QED) is 0.692. The van der Waals surface area contributed by atoms with Gasteiger partial charge in [0, 0.05) is 32.6 Å². The van der Waals surface area contributed by atoms with Gasteiger partial charge in [0.1, 0.15) is 11.6 Å². The van der Waals surface area contributed by atoms with Crippen LogP contribution in [0.3, 0.4) is 0 Å². The molecule has 0 atom stereocenters. The fraction of sp³-hybridized carbons (Fsp3) is 0.786. The highest BCUT2D eigenvalue weighted by Crippen LogP contribution is 2.26. The number of aliphatic hydroxyl groups excluding tert-OH is 1. The van der Waals surface area contributed by atoms with E-state index in [2.05, 4.69) is 10.2 Å². The van der Waals surface area contributed by atoms with E-state index < -0.39 is 0 Å². The normalized spacial score (nSPS) is 16.5. The highest BCUT2D eigenvalue weighted by molar-refractivity contribution is 5.78. The Kier molecular flexibility index (Phi) is 5.87. The summed E-state index contributed by atoms with van der Waals surface area (Å²) in [6.07, 6.45) is 1.79. The Labute approximate surface area is 130 Å². The van der Waals surface area contributed by atoms with Gasteiger partial charge in [-0.25, -0.2) is 0 Å². The van der Waals surface area contributed by atoms with E-state index in [0.717, 1.165) is 37.6 Å². The van der Waals surface area contributed by atoms with Gasteiger partial charge in [-0.15, -0.1) is 10.2 Å². The van der Waals surface area contributed by atoms with Crippen molar-refractivity contribution in [1.29, 1.82) is 0 Å². The highest BCUT2D eigenvalue weighted by atomic mass is 16.3. The van der Waals surface area contributed by atoms with Crippen LogP contribution in [0.2, 0.25) is 0 Å². The number of aliphatic hydroxyl groups is 1. The second-order valence-electron chi connectivity index (χ2n) is 5.85. The van der Waals surface area contributed by atoms with Gasteiger partial charge in [0.05, 0.1) is 19.7 Å². The summed E-state index contributed by atoms with van der Waals surface area (Å²) in [4.78, 5) is 15.4.